The first-order valence-electron chi connectivity index (χ1n) is 9.33. The molecule has 0 spiro atoms. The van der Waals surface area contributed by atoms with Crippen LogP contribution < -0.4 is 16.0 Å². The first-order valence-corrected chi connectivity index (χ1v) is 10.1. The highest BCUT2D eigenvalue weighted by atomic mass is 35.5. The van der Waals surface area contributed by atoms with Crippen molar-refractivity contribution >= 4 is 52.1 Å². The molecule has 8 heteroatoms. The van der Waals surface area contributed by atoms with Crippen molar-refractivity contribution in [2.24, 2.45) is 0 Å². The number of carbonyl (C=O) groups excluding carboxylic acids is 2. The maximum atomic E-state index is 13.3. The van der Waals surface area contributed by atoms with E-state index >= 15 is 0 Å². The van der Waals surface area contributed by atoms with Gasteiger partial charge in [-0.2, -0.15) is 0 Å². The standard InChI is InChI=1S/C23H19ClFN3O2S/c1-14-5-2-3-6-15(14)12-21(29)28-23(31)27-17-8-4-7-16(11-17)22(30)26-18-9-10-20(25)19(24)13-18/h2-11,13H,12H2,1H3,(H,26,30)(H2,27,28,29,31). The predicted octanol–water partition coefficient (Wildman–Crippen LogP) is 5.10. The number of anilines is 2. The van der Waals surface area contributed by atoms with E-state index in [1.54, 1.807) is 24.3 Å². The molecule has 3 N–H and O–H groups in total. The molecule has 0 unspecified atom stereocenters. The van der Waals surface area contributed by atoms with Crippen LogP contribution in [0.15, 0.2) is 66.7 Å². The fourth-order valence-corrected chi connectivity index (χ4v) is 3.24. The van der Waals surface area contributed by atoms with E-state index in [9.17, 15) is 14.0 Å². The molecule has 0 fully saturated rings. The Bertz CT molecular complexity index is 1150. The Morgan fingerprint density at radius 1 is 0.968 bits per heavy atom. The zero-order valence-corrected chi connectivity index (χ0v) is 18.1. The molecule has 0 atom stereocenters. The van der Waals surface area contributed by atoms with Gasteiger partial charge in [0.25, 0.3) is 5.91 Å². The fraction of sp³-hybridized carbons (Fsp3) is 0.0870. The zero-order chi connectivity index (χ0) is 22.4. The Kier molecular flexibility index (Phi) is 7.33. The minimum atomic E-state index is -0.566. The highest BCUT2D eigenvalue weighted by Crippen LogP contribution is 2.20. The number of hydrogen-bond acceptors (Lipinski definition) is 3. The van der Waals surface area contributed by atoms with E-state index in [1.165, 1.54) is 18.2 Å². The van der Waals surface area contributed by atoms with Gasteiger partial charge in [-0.15, -0.1) is 0 Å². The van der Waals surface area contributed by atoms with Gasteiger partial charge in [-0.1, -0.05) is 41.9 Å². The van der Waals surface area contributed by atoms with Gasteiger partial charge in [0, 0.05) is 16.9 Å². The summed E-state index contributed by atoms with van der Waals surface area (Å²) in [5, 5.41) is 8.23. The molecule has 0 saturated carbocycles. The van der Waals surface area contributed by atoms with E-state index in [4.69, 9.17) is 23.8 Å². The Morgan fingerprint density at radius 3 is 2.45 bits per heavy atom. The number of thiocarbonyl (C=S) groups is 1. The molecule has 0 aromatic heterocycles. The molecule has 0 aliphatic rings. The van der Waals surface area contributed by atoms with Gasteiger partial charge in [-0.3, -0.25) is 9.59 Å². The SMILES string of the molecule is Cc1ccccc1CC(=O)NC(=S)Nc1cccc(C(=O)Nc2ccc(F)c(Cl)c2)c1. The summed E-state index contributed by atoms with van der Waals surface area (Å²) in [6, 6.07) is 18.1. The smallest absolute Gasteiger partial charge is 0.255 e. The molecule has 31 heavy (non-hydrogen) atoms. The molecule has 2 amide bonds. The van der Waals surface area contributed by atoms with Crippen LogP contribution in [0.25, 0.3) is 0 Å². The summed E-state index contributed by atoms with van der Waals surface area (Å²) in [6.07, 6.45) is 0.206. The van der Waals surface area contributed by atoms with Gasteiger partial charge >= 0.3 is 0 Å². The van der Waals surface area contributed by atoms with Crippen LogP contribution in [0.2, 0.25) is 5.02 Å². The summed E-state index contributed by atoms with van der Waals surface area (Å²) in [5.74, 6) is -1.21. The van der Waals surface area contributed by atoms with Crippen molar-refractivity contribution in [3.8, 4) is 0 Å². The highest BCUT2D eigenvalue weighted by Gasteiger charge is 2.11. The fourth-order valence-electron chi connectivity index (χ4n) is 2.83. The van der Waals surface area contributed by atoms with E-state index in [1.807, 2.05) is 31.2 Å². The van der Waals surface area contributed by atoms with Crippen LogP contribution in [-0.2, 0) is 11.2 Å². The average molecular weight is 456 g/mol. The summed E-state index contributed by atoms with van der Waals surface area (Å²) < 4.78 is 13.3. The molecule has 158 valence electrons. The van der Waals surface area contributed by atoms with Crippen LogP contribution in [0.5, 0.6) is 0 Å². The Balaban J connectivity index is 1.59. The number of amides is 2. The van der Waals surface area contributed by atoms with E-state index in [0.29, 0.717) is 16.9 Å². The number of aryl methyl sites for hydroxylation is 1. The van der Waals surface area contributed by atoms with Crippen molar-refractivity contribution in [3.05, 3.63) is 94.3 Å². The Hall–Kier alpha value is -3.29. The van der Waals surface area contributed by atoms with Crippen LogP contribution in [0.4, 0.5) is 15.8 Å². The molecular formula is C23H19ClFN3O2S. The normalized spacial score (nSPS) is 10.3. The minimum Gasteiger partial charge on any atom is -0.332 e. The molecule has 0 radical (unpaired) electrons. The molecule has 3 aromatic rings. The summed E-state index contributed by atoms with van der Waals surface area (Å²) >= 11 is 10.9. The number of hydrogen-bond donors (Lipinski definition) is 3. The van der Waals surface area contributed by atoms with Gasteiger partial charge in [0.1, 0.15) is 5.82 Å². The van der Waals surface area contributed by atoms with Crippen molar-refractivity contribution < 1.29 is 14.0 Å². The summed E-state index contributed by atoms with van der Waals surface area (Å²) in [6.45, 7) is 1.94. The first kappa shape index (κ1) is 22.4. The van der Waals surface area contributed by atoms with Crippen LogP contribution in [0.1, 0.15) is 21.5 Å². The first-order chi connectivity index (χ1) is 14.8. The number of benzene rings is 3. The summed E-state index contributed by atoms with van der Waals surface area (Å²) in [4.78, 5) is 24.7. The lowest BCUT2D eigenvalue weighted by molar-refractivity contribution is -0.119. The largest absolute Gasteiger partial charge is 0.332 e. The van der Waals surface area contributed by atoms with Crippen LogP contribution >= 0.6 is 23.8 Å². The second-order valence-electron chi connectivity index (χ2n) is 6.77. The molecule has 3 aromatic carbocycles. The predicted molar refractivity (Wildman–Crippen MR) is 125 cm³/mol. The van der Waals surface area contributed by atoms with Gasteiger partial charge in [0.15, 0.2) is 5.11 Å². The molecule has 3 rings (SSSR count). The third-order valence-electron chi connectivity index (χ3n) is 4.43. The lowest BCUT2D eigenvalue weighted by Crippen LogP contribution is -2.35. The lowest BCUT2D eigenvalue weighted by atomic mass is 10.1. The van der Waals surface area contributed by atoms with Crippen molar-refractivity contribution in [2.45, 2.75) is 13.3 Å². The molecule has 0 aliphatic carbocycles. The van der Waals surface area contributed by atoms with E-state index in [0.717, 1.165) is 11.1 Å². The van der Waals surface area contributed by atoms with Gasteiger partial charge < -0.3 is 16.0 Å². The van der Waals surface area contributed by atoms with Crippen molar-refractivity contribution in [1.29, 1.82) is 0 Å². The second-order valence-corrected chi connectivity index (χ2v) is 7.58. The highest BCUT2D eigenvalue weighted by molar-refractivity contribution is 7.80. The maximum Gasteiger partial charge on any atom is 0.255 e. The van der Waals surface area contributed by atoms with Crippen molar-refractivity contribution in [2.75, 3.05) is 10.6 Å². The van der Waals surface area contributed by atoms with Gasteiger partial charge in [0.05, 0.1) is 11.4 Å². The maximum absolute atomic E-state index is 13.3. The monoisotopic (exact) mass is 455 g/mol. The third-order valence-corrected chi connectivity index (χ3v) is 4.92. The molecule has 0 saturated heterocycles. The molecule has 5 nitrogen and oxygen atoms in total. The van der Waals surface area contributed by atoms with Gasteiger partial charge in [-0.25, -0.2) is 4.39 Å². The van der Waals surface area contributed by atoms with Gasteiger partial charge in [0.2, 0.25) is 5.91 Å². The average Bonchev–Trinajstić information content (AvgIpc) is 2.72. The quantitative estimate of drug-likeness (QED) is 0.468. The summed E-state index contributed by atoms with van der Waals surface area (Å²) in [5.41, 5.74) is 3.19. The molecule has 0 aliphatic heterocycles. The third kappa shape index (κ3) is 6.34. The number of carbonyl (C=O) groups is 2. The van der Waals surface area contributed by atoms with E-state index in [-0.39, 0.29) is 22.5 Å². The Morgan fingerprint density at radius 2 is 1.71 bits per heavy atom. The molecule has 0 heterocycles. The van der Waals surface area contributed by atoms with Crippen molar-refractivity contribution in [1.82, 2.24) is 5.32 Å². The molecule has 0 bridgehead atoms. The number of rotatable bonds is 5. The van der Waals surface area contributed by atoms with Crippen LogP contribution in [0, 0.1) is 12.7 Å². The van der Waals surface area contributed by atoms with Gasteiger partial charge in [-0.05, 0) is 66.7 Å². The summed E-state index contributed by atoms with van der Waals surface area (Å²) in [7, 11) is 0. The zero-order valence-electron chi connectivity index (χ0n) is 16.5. The van der Waals surface area contributed by atoms with Crippen molar-refractivity contribution in [3.63, 3.8) is 0 Å². The minimum absolute atomic E-state index is 0.0833. The van der Waals surface area contributed by atoms with Crippen LogP contribution in [-0.4, -0.2) is 16.9 Å². The number of nitrogens with one attached hydrogen (secondary N) is 3. The second kappa shape index (κ2) is 10.1. The van der Waals surface area contributed by atoms with E-state index in [2.05, 4.69) is 16.0 Å². The molecular weight excluding hydrogens is 437 g/mol. The van der Waals surface area contributed by atoms with Crippen LogP contribution in [0.3, 0.4) is 0 Å². The van der Waals surface area contributed by atoms with E-state index < -0.39 is 11.7 Å². The topological polar surface area (TPSA) is 70.2 Å². The Labute approximate surface area is 189 Å². The number of halogens is 2. The lowest BCUT2D eigenvalue weighted by Gasteiger charge is -2.12.